The molecule has 2 atom stereocenters. The molecule has 2 aromatic carbocycles. The minimum Gasteiger partial charge on any atom is -0.386 e. The summed E-state index contributed by atoms with van der Waals surface area (Å²) in [6.45, 7) is 3.14. The molecule has 2 heterocycles. The van der Waals surface area contributed by atoms with E-state index in [9.17, 15) is 5.11 Å². The van der Waals surface area contributed by atoms with Crippen molar-refractivity contribution in [3.63, 3.8) is 0 Å². The van der Waals surface area contributed by atoms with Crippen LogP contribution in [0.2, 0.25) is 0 Å². The Morgan fingerprint density at radius 3 is 2.54 bits per heavy atom. The highest BCUT2D eigenvalue weighted by atomic mass is 19.1. The summed E-state index contributed by atoms with van der Waals surface area (Å²) in [4.78, 5) is 0. The fourth-order valence-electron chi connectivity index (χ4n) is 4.51. The summed E-state index contributed by atoms with van der Waals surface area (Å²) in [5, 5.41) is 15.2. The molecule has 2 aliphatic rings. The number of ether oxygens (including phenoxy) is 2. The van der Waals surface area contributed by atoms with E-state index in [4.69, 9.17) is 9.47 Å². The molecule has 2 fully saturated rings. The van der Waals surface area contributed by atoms with Crippen molar-refractivity contribution in [2.75, 3.05) is 32.9 Å². The van der Waals surface area contributed by atoms with Crippen LogP contribution in [0.1, 0.15) is 18.4 Å². The van der Waals surface area contributed by atoms with Gasteiger partial charge in [0.2, 0.25) is 0 Å². The number of morpholine rings is 1. The third-order valence-electron chi connectivity index (χ3n) is 6.08. The highest BCUT2D eigenvalue weighted by molar-refractivity contribution is 5.67. The number of hydrogen-bond acceptors (Lipinski definition) is 4. The SMILES string of the molecule is OC(Cc1c(F)cccc1-c1ccccc1)(C1CCOCC1)C1CNCCO1. The van der Waals surface area contributed by atoms with Gasteiger partial charge in [-0.15, -0.1) is 0 Å². The van der Waals surface area contributed by atoms with E-state index in [2.05, 4.69) is 5.32 Å². The van der Waals surface area contributed by atoms with Gasteiger partial charge in [0.1, 0.15) is 5.82 Å². The van der Waals surface area contributed by atoms with Gasteiger partial charge in [-0.3, -0.25) is 0 Å². The predicted molar refractivity (Wildman–Crippen MR) is 107 cm³/mol. The summed E-state index contributed by atoms with van der Waals surface area (Å²) in [5.41, 5.74) is 1.18. The second kappa shape index (κ2) is 8.70. The van der Waals surface area contributed by atoms with Crippen LogP contribution < -0.4 is 5.32 Å². The molecule has 0 radical (unpaired) electrons. The van der Waals surface area contributed by atoms with Gasteiger partial charge in [0.15, 0.2) is 0 Å². The number of rotatable bonds is 5. The molecular weight excluding hydrogens is 357 g/mol. The Balaban J connectivity index is 1.72. The highest BCUT2D eigenvalue weighted by Gasteiger charge is 2.46. The summed E-state index contributed by atoms with van der Waals surface area (Å²) in [7, 11) is 0. The van der Waals surface area contributed by atoms with Gasteiger partial charge in [0, 0.05) is 32.7 Å². The average Bonchev–Trinajstić information content (AvgIpc) is 2.77. The maximum Gasteiger partial charge on any atom is 0.127 e. The van der Waals surface area contributed by atoms with E-state index in [1.165, 1.54) is 6.07 Å². The van der Waals surface area contributed by atoms with Crippen molar-refractivity contribution in [1.82, 2.24) is 5.32 Å². The van der Waals surface area contributed by atoms with Crippen LogP contribution in [0.5, 0.6) is 0 Å². The Bertz CT molecular complexity index is 753. The average molecular weight is 385 g/mol. The molecule has 2 aromatic rings. The minimum absolute atomic E-state index is 0.00868. The van der Waals surface area contributed by atoms with Gasteiger partial charge >= 0.3 is 0 Å². The largest absolute Gasteiger partial charge is 0.386 e. The Labute approximate surface area is 165 Å². The van der Waals surface area contributed by atoms with Crippen LogP contribution in [0.25, 0.3) is 11.1 Å². The standard InChI is InChI=1S/C23H28FNO3/c24-21-8-4-7-19(17-5-2-1-3-6-17)20(21)15-23(26,18-9-12-27-13-10-18)22-16-25-11-14-28-22/h1-8,18,22,25-26H,9-16H2. The number of aliphatic hydroxyl groups is 1. The Kier molecular flexibility index (Phi) is 6.07. The van der Waals surface area contributed by atoms with E-state index < -0.39 is 5.60 Å². The molecule has 28 heavy (non-hydrogen) atoms. The molecule has 2 saturated heterocycles. The van der Waals surface area contributed by atoms with E-state index in [0.717, 1.165) is 30.5 Å². The number of halogens is 1. The van der Waals surface area contributed by atoms with E-state index in [1.54, 1.807) is 6.07 Å². The zero-order chi connectivity index (χ0) is 19.4. The molecule has 2 N–H and O–H groups in total. The van der Waals surface area contributed by atoms with Gasteiger partial charge in [-0.25, -0.2) is 4.39 Å². The molecule has 0 amide bonds. The Morgan fingerprint density at radius 2 is 1.82 bits per heavy atom. The van der Waals surface area contributed by atoms with Crippen molar-refractivity contribution in [3.8, 4) is 11.1 Å². The summed E-state index contributed by atoms with van der Waals surface area (Å²) >= 11 is 0. The van der Waals surface area contributed by atoms with Crippen molar-refractivity contribution in [2.24, 2.45) is 5.92 Å². The summed E-state index contributed by atoms with van der Waals surface area (Å²) in [5.74, 6) is -0.273. The van der Waals surface area contributed by atoms with Crippen LogP contribution in [0, 0.1) is 11.7 Å². The number of hydrogen-bond donors (Lipinski definition) is 2. The van der Waals surface area contributed by atoms with Gasteiger partial charge < -0.3 is 19.9 Å². The number of benzene rings is 2. The zero-order valence-electron chi connectivity index (χ0n) is 16.1. The maximum atomic E-state index is 15.0. The molecular formula is C23H28FNO3. The molecule has 2 aliphatic heterocycles. The number of nitrogens with one attached hydrogen (secondary N) is 1. The highest BCUT2D eigenvalue weighted by Crippen LogP contribution is 2.38. The lowest BCUT2D eigenvalue weighted by Crippen LogP contribution is -2.59. The van der Waals surface area contributed by atoms with Crippen LogP contribution in [0.4, 0.5) is 4.39 Å². The van der Waals surface area contributed by atoms with Gasteiger partial charge in [-0.05, 0) is 41.5 Å². The topological polar surface area (TPSA) is 50.7 Å². The molecule has 4 rings (SSSR count). The lowest BCUT2D eigenvalue weighted by molar-refractivity contribution is -0.163. The first-order chi connectivity index (χ1) is 13.7. The molecule has 0 saturated carbocycles. The molecule has 0 aromatic heterocycles. The van der Waals surface area contributed by atoms with Crippen LogP contribution in [0.15, 0.2) is 48.5 Å². The summed E-state index contributed by atoms with van der Waals surface area (Å²) in [6.07, 6.45) is 1.37. The van der Waals surface area contributed by atoms with E-state index >= 15 is 4.39 Å². The van der Waals surface area contributed by atoms with Crippen molar-refractivity contribution in [3.05, 3.63) is 59.9 Å². The Hall–Kier alpha value is -1.79. The van der Waals surface area contributed by atoms with Gasteiger partial charge in [-0.2, -0.15) is 0 Å². The first-order valence-corrected chi connectivity index (χ1v) is 10.1. The second-order valence-electron chi connectivity index (χ2n) is 7.75. The molecule has 0 aliphatic carbocycles. The smallest absolute Gasteiger partial charge is 0.127 e. The van der Waals surface area contributed by atoms with Crippen LogP contribution >= 0.6 is 0 Å². The minimum atomic E-state index is -1.15. The van der Waals surface area contributed by atoms with Crippen molar-refractivity contribution in [1.29, 1.82) is 0 Å². The van der Waals surface area contributed by atoms with Gasteiger partial charge in [-0.1, -0.05) is 42.5 Å². The second-order valence-corrected chi connectivity index (χ2v) is 7.75. The fourth-order valence-corrected chi connectivity index (χ4v) is 4.51. The van der Waals surface area contributed by atoms with Crippen LogP contribution in [-0.2, 0) is 15.9 Å². The maximum absolute atomic E-state index is 15.0. The first kappa shape index (κ1) is 19.5. The van der Waals surface area contributed by atoms with Crippen molar-refractivity contribution >= 4 is 0 Å². The van der Waals surface area contributed by atoms with Crippen LogP contribution in [-0.4, -0.2) is 49.7 Å². The van der Waals surface area contributed by atoms with E-state index in [-0.39, 0.29) is 24.3 Å². The molecule has 4 nitrogen and oxygen atoms in total. The fraction of sp³-hybridized carbons (Fsp3) is 0.478. The third-order valence-corrected chi connectivity index (χ3v) is 6.08. The molecule has 0 spiro atoms. The van der Waals surface area contributed by atoms with Gasteiger partial charge in [0.25, 0.3) is 0 Å². The van der Waals surface area contributed by atoms with E-state index in [1.807, 2.05) is 36.4 Å². The summed E-state index contributed by atoms with van der Waals surface area (Å²) in [6, 6.07) is 14.9. The van der Waals surface area contributed by atoms with Crippen molar-refractivity contribution < 1.29 is 19.0 Å². The first-order valence-electron chi connectivity index (χ1n) is 10.1. The third kappa shape index (κ3) is 3.98. The quantitative estimate of drug-likeness (QED) is 0.830. The molecule has 0 bridgehead atoms. The monoisotopic (exact) mass is 385 g/mol. The van der Waals surface area contributed by atoms with E-state index in [0.29, 0.717) is 31.9 Å². The zero-order valence-corrected chi connectivity index (χ0v) is 16.1. The lowest BCUT2D eigenvalue weighted by Gasteiger charge is -2.45. The summed E-state index contributed by atoms with van der Waals surface area (Å²) < 4.78 is 26.5. The van der Waals surface area contributed by atoms with Crippen molar-refractivity contribution in [2.45, 2.75) is 31.0 Å². The molecule has 2 unspecified atom stereocenters. The normalized spacial score (nSPS) is 23.3. The van der Waals surface area contributed by atoms with Crippen LogP contribution in [0.3, 0.4) is 0 Å². The molecule has 150 valence electrons. The predicted octanol–water partition coefficient (Wildman–Crippen LogP) is 3.18. The molecule has 5 heteroatoms. The van der Waals surface area contributed by atoms with Gasteiger partial charge in [0.05, 0.1) is 18.3 Å². The lowest BCUT2D eigenvalue weighted by atomic mass is 9.73. The Morgan fingerprint density at radius 1 is 1.04 bits per heavy atom.